The molecule has 42 heavy (non-hydrogen) atoms. The van der Waals surface area contributed by atoms with E-state index in [9.17, 15) is 9.59 Å². The summed E-state index contributed by atoms with van der Waals surface area (Å²) in [5, 5.41) is 10.2. The third-order valence-corrected chi connectivity index (χ3v) is 8.76. The molecule has 8 nitrogen and oxygen atoms in total. The van der Waals surface area contributed by atoms with Crippen molar-refractivity contribution < 1.29 is 9.59 Å². The first-order valence-corrected chi connectivity index (χ1v) is 15.3. The zero-order valence-corrected chi connectivity index (χ0v) is 25.6. The van der Waals surface area contributed by atoms with Gasteiger partial charge in [0.1, 0.15) is 0 Å². The lowest BCUT2D eigenvalue weighted by atomic mass is 10.0. The predicted molar refractivity (Wildman–Crippen MR) is 170 cm³/mol. The van der Waals surface area contributed by atoms with Crippen molar-refractivity contribution in [3.05, 3.63) is 106 Å². The molecule has 1 unspecified atom stereocenters. The zero-order valence-electron chi connectivity index (χ0n) is 23.2. The molecule has 0 spiro atoms. The molecule has 212 valence electrons. The summed E-state index contributed by atoms with van der Waals surface area (Å²) in [6.45, 7) is 5.18. The molecule has 3 amide bonds. The highest BCUT2D eigenvalue weighted by Crippen LogP contribution is 2.28. The number of benzene rings is 3. The molecule has 2 aromatic heterocycles. The van der Waals surface area contributed by atoms with Gasteiger partial charge in [-0.05, 0) is 43.2 Å². The van der Waals surface area contributed by atoms with E-state index in [2.05, 4.69) is 62.7 Å². The molecule has 1 saturated heterocycles. The summed E-state index contributed by atoms with van der Waals surface area (Å²) < 4.78 is 2.62. The molecule has 6 rings (SSSR count). The van der Waals surface area contributed by atoms with E-state index < -0.39 is 0 Å². The molecular formula is C32H29BrN6O2S. The van der Waals surface area contributed by atoms with Gasteiger partial charge in [0.05, 0.1) is 23.1 Å². The van der Waals surface area contributed by atoms with Crippen LogP contribution in [0.2, 0.25) is 0 Å². The molecule has 1 aliphatic rings. The number of nitrogens with one attached hydrogen (secondary N) is 1. The van der Waals surface area contributed by atoms with Gasteiger partial charge >= 0.3 is 6.03 Å². The minimum absolute atomic E-state index is 0.0917. The maximum absolute atomic E-state index is 13.5. The number of carbonyl (C=O) groups is 2. The van der Waals surface area contributed by atoms with Crippen molar-refractivity contribution in [3.8, 4) is 27.5 Å². The van der Waals surface area contributed by atoms with Gasteiger partial charge in [-0.25, -0.2) is 14.5 Å². The van der Waals surface area contributed by atoms with Crippen molar-refractivity contribution in [1.82, 2.24) is 24.6 Å². The molecule has 0 radical (unpaired) electrons. The number of halogens is 1. The van der Waals surface area contributed by atoms with Gasteiger partial charge in [0, 0.05) is 46.8 Å². The second-order valence-corrected chi connectivity index (χ2v) is 12.0. The van der Waals surface area contributed by atoms with Gasteiger partial charge in [-0.3, -0.25) is 4.79 Å². The van der Waals surface area contributed by atoms with Crippen molar-refractivity contribution >= 4 is 44.9 Å². The van der Waals surface area contributed by atoms with Crippen LogP contribution in [0.3, 0.4) is 0 Å². The van der Waals surface area contributed by atoms with Gasteiger partial charge in [-0.15, -0.1) is 11.3 Å². The number of carbonyl (C=O) groups excluding carboxylic acids is 2. The fourth-order valence-corrected chi connectivity index (χ4v) is 6.39. The predicted octanol–water partition coefficient (Wildman–Crippen LogP) is 7.11. The summed E-state index contributed by atoms with van der Waals surface area (Å²) in [7, 11) is 0. The standard InChI is InChI=1S/C32H29BrN6O2S/c1-21-19-37(15-16-38(21)31(41)35-27-10-6-9-26(33)17-27)30(40)28-18-34-39(22(28)2)32-36-29(20-42-32)25-13-11-24(12-14-25)23-7-4-3-5-8-23/h3-14,17-18,20-21H,15-16,19H2,1-2H3,(H,35,41). The molecule has 1 aliphatic heterocycles. The molecule has 10 heteroatoms. The molecular weight excluding hydrogens is 612 g/mol. The van der Waals surface area contributed by atoms with E-state index in [1.54, 1.807) is 20.7 Å². The van der Waals surface area contributed by atoms with E-state index >= 15 is 0 Å². The number of anilines is 1. The van der Waals surface area contributed by atoms with Crippen LogP contribution in [0.1, 0.15) is 23.0 Å². The fourth-order valence-electron chi connectivity index (χ4n) is 5.15. The van der Waals surface area contributed by atoms with Crippen molar-refractivity contribution in [1.29, 1.82) is 0 Å². The van der Waals surface area contributed by atoms with Crippen LogP contribution in [0.25, 0.3) is 27.5 Å². The molecule has 0 bridgehead atoms. The number of aromatic nitrogens is 3. The van der Waals surface area contributed by atoms with Crippen LogP contribution in [0.15, 0.2) is 94.9 Å². The van der Waals surface area contributed by atoms with Crippen LogP contribution < -0.4 is 5.32 Å². The second kappa shape index (κ2) is 11.9. The van der Waals surface area contributed by atoms with Crippen LogP contribution in [0.4, 0.5) is 10.5 Å². The lowest BCUT2D eigenvalue weighted by Gasteiger charge is -2.39. The van der Waals surface area contributed by atoms with Crippen LogP contribution >= 0.6 is 27.3 Å². The van der Waals surface area contributed by atoms with Crippen LogP contribution in [0, 0.1) is 6.92 Å². The summed E-state index contributed by atoms with van der Waals surface area (Å²) in [6.07, 6.45) is 1.62. The first kappa shape index (κ1) is 27.9. The Morgan fingerprint density at radius 1 is 0.952 bits per heavy atom. The number of thiazole rings is 1. The Kier molecular flexibility index (Phi) is 7.90. The Hall–Kier alpha value is -4.28. The highest BCUT2D eigenvalue weighted by Gasteiger charge is 2.31. The lowest BCUT2D eigenvalue weighted by Crippen LogP contribution is -2.56. The largest absolute Gasteiger partial charge is 0.335 e. The second-order valence-electron chi connectivity index (χ2n) is 10.2. The van der Waals surface area contributed by atoms with Gasteiger partial charge in [0.2, 0.25) is 5.13 Å². The van der Waals surface area contributed by atoms with E-state index in [0.717, 1.165) is 32.7 Å². The van der Waals surface area contributed by atoms with Gasteiger partial charge in [0.15, 0.2) is 0 Å². The normalized spacial score (nSPS) is 15.1. The maximum atomic E-state index is 13.5. The zero-order chi connectivity index (χ0) is 29.2. The van der Waals surface area contributed by atoms with Crippen molar-refractivity contribution in [2.45, 2.75) is 19.9 Å². The Bertz CT molecular complexity index is 1730. The summed E-state index contributed by atoms with van der Waals surface area (Å²) in [4.78, 5) is 34.8. The number of nitrogens with zero attached hydrogens (tertiary/aromatic N) is 5. The van der Waals surface area contributed by atoms with E-state index in [1.807, 2.05) is 61.7 Å². The lowest BCUT2D eigenvalue weighted by molar-refractivity contribution is 0.0591. The fraction of sp³-hybridized carbons (Fsp3) is 0.188. The molecule has 1 atom stereocenters. The number of piperazine rings is 1. The van der Waals surface area contributed by atoms with E-state index in [1.165, 1.54) is 16.9 Å². The van der Waals surface area contributed by atoms with E-state index in [0.29, 0.717) is 30.3 Å². The third kappa shape index (κ3) is 5.73. The quantitative estimate of drug-likeness (QED) is 0.222. The molecule has 3 aromatic carbocycles. The van der Waals surface area contributed by atoms with Crippen molar-refractivity contribution in [2.75, 3.05) is 25.0 Å². The number of hydrogen-bond acceptors (Lipinski definition) is 5. The summed E-state index contributed by atoms with van der Waals surface area (Å²) >= 11 is 4.92. The first-order valence-electron chi connectivity index (χ1n) is 13.7. The van der Waals surface area contributed by atoms with Gasteiger partial charge in [-0.1, -0.05) is 76.6 Å². The van der Waals surface area contributed by atoms with Crippen LogP contribution in [-0.2, 0) is 0 Å². The maximum Gasteiger partial charge on any atom is 0.322 e. The number of rotatable bonds is 5. The Morgan fingerprint density at radius 2 is 1.69 bits per heavy atom. The first-order chi connectivity index (χ1) is 20.4. The Labute approximate surface area is 256 Å². The minimum atomic E-state index is -0.175. The molecule has 1 N–H and O–H groups in total. The highest BCUT2D eigenvalue weighted by atomic mass is 79.9. The number of amides is 3. The number of urea groups is 1. The van der Waals surface area contributed by atoms with Crippen LogP contribution in [-0.4, -0.2) is 62.2 Å². The average molecular weight is 642 g/mol. The molecule has 0 saturated carbocycles. The molecule has 1 fully saturated rings. The van der Waals surface area contributed by atoms with Gasteiger partial charge in [-0.2, -0.15) is 5.10 Å². The van der Waals surface area contributed by atoms with Crippen molar-refractivity contribution in [2.24, 2.45) is 0 Å². The molecule has 5 aromatic rings. The van der Waals surface area contributed by atoms with Crippen LogP contribution in [0.5, 0.6) is 0 Å². The monoisotopic (exact) mass is 640 g/mol. The smallest absolute Gasteiger partial charge is 0.322 e. The topological polar surface area (TPSA) is 83.4 Å². The van der Waals surface area contributed by atoms with E-state index in [-0.39, 0.29) is 18.0 Å². The summed E-state index contributed by atoms with van der Waals surface area (Å²) in [5.74, 6) is -0.0917. The minimum Gasteiger partial charge on any atom is -0.335 e. The van der Waals surface area contributed by atoms with Gasteiger partial charge in [0.25, 0.3) is 5.91 Å². The van der Waals surface area contributed by atoms with Gasteiger partial charge < -0.3 is 15.1 Å². The summed E-state index contributed by atoms with van der Waals surface area (Å²) in [6, 6.07) is 25.8. The highest BCUT2D eigenvalue weighted by molar-refractivity contribution is 9.10. The van der Waals surface area contributed by atoms with E-state index in [4.69, 9.17) is 4.98 Å². The SMILES string of the molecule is Cc1c(C(=O)N2CCN(C(=O)Nc3cccc(Br)c3)C(C)C2)cnn1-c1nc(-c2ccc(-c3ccccc3)cc2)cs1. The average Bonchev–Trinajstić information content (AvgIpc) is 3.64. The summed E-state index contributed by atoms with van der Waals surface area (Å²) in [5.41, 5.74) is 6.21. The Morgan fingerprint density at radius 3 is 2.43 bits per heavy atom. The molecule has 0 aliphatic carbocycles. The third-order valence-electron chi connectivity index (χ3n) is 7.45. The molecule has 3 heterocycles. The van der Waals surface area contributed by atoms with Crippen molar-refractivity contribution in [3.63, 3.8) is 0 Å². The Balaban J connectivity index is 1.12. The number of hydrogen-bond donors (Lipinski definition) is 1.